The monoisotopic (exact) mass is 381 g/mol. The van der Waals surface area contributed by atoms with Crippen molar-refractivity contribution in [2.75, 3.05) is 19.7 Å². The molecular formula is C19H23N7O2. The molecule has 3 aromatic rings. The van der Waals surface area contributed by atoms with Gasteiger partial charge >= 0.3 is 0 Å². The number of hydrogen-bond donors (Lipinski definition) is 0. The van der Waals surface area contributed by atoms with Crippen LogP contribution in [0, 0.1) is 6.92 Å². The second-order valence-corrected chi connectivity index (χ2v) is 6.90. The van der Waals surface area contributed by atoms with Crippen molar-refractivity contribution in [3.8, 4) is 5.69 Å². The first-order valence-electron chi connectivity index (χ1n) is 9.40. The van der Waals surface area contributed by atoms with Crippen LogP contribution in [0.25, 0.3) is 5.69 Å². The van der Waals surface area contributed by atoms with E-state index in [1.807, 2.05) is 53.0 Å². The number of ether oxygens (including phenoxy) is 1. The molecule has 0 radical (unpaired) electrons. The predicted octanol–water partition coefficient (Wildman–Crippen LogP) is 1.03. The summed E-state index contributed by atoms with van der Waals surface area (Å²) in [6, 6.07) is 9.64. The van der Waals surface area contributed by atoms with E-state index in [1.165, 1.54) is 0 Å². The Labute approximate surface area is 162 Å². The molecule has 1 unspecified atom stereocenters. The molecule has 4 rings (SSSR count). The zero-order valence-electron chi connectivity index (χ0n) is 15.8. The minimum atomic E-state index is -0.0449. The SMILES string of the molecule is Cc1nnnn1-c1ccc(CC(=O)N2CCCOC(Cn3cccn3)C2)cc1. The van der Waals surface area contributed by atoms with Gasteiger partial charge in [0.05, 0.1) is 24.8 Å². The lowest BCUT2D eigenvalue weighted by Crippen LogP contribution is -2.39. The van der Waals surface area contributed by atoms with Gasteiger partial charge in [0.1, 0.15) is 0 Å². The summed E-state index contributed by atoms with van der Waals surface area (Å²) in [7, 11) is 0. The van der Waals surface area contributed by atoms with Crippen LogP contribution in [0.3, 0.4) is 0 Å². The van der Waals surface area contributed by atoms with Gasteiger partial charge < -0.3 is 9.64 Å². The molecule has 2 aromatic heterocycles. The van der Waals surface area contributed by atoms with Gasteiger partial charge in [-0.3, -0.25) is 9.48 Å². The van der Waals surface area contributed by atoms with E-state index in [-0.39, 0.29) is 12.0 Å². The van der Waals surface area contributed by atoms with Crippen molar-refractivity contribution < 1.29 is 9.53 Å². The van der Waals surface area contributed by atoms with Crippen molar-refractivity contribution in [1.82, 2.24) is 34.9 Å². The first-order chi connectivity index (χ1) is 13.7. The van der Waals surface area contributed by atoms with Crippen LogP contribution < -0.4 is 0 Å². The molecule has 1 saturated heterocycles. The van der Waals surface area contributed by atoms with Gasteiger partial charge in [-0.25, -0.2) is 0 Å². The van der Waals surface area contributed by atoms with Crippen LogP contribution in [-0.2, 0) is 22.5 Å². The minimum Gasteiger partial charge on any atom is -0.374 e. The molecular weight excluding hydrogens is 358 g/mol. The largest absolute Gasteiger partial charge is 0.374 e. The lowest BCUT2D eigenvalue weighted by atomic mass is 10.1. The normalized spacial score (nSPS) is 17.5. The molecule has 3 heterocycles. The molecule has 1 aliphatic rings. The average molecular weight is 381 g/mol. The Balaban J connectivity index is 1.38. The van der Waals surface area contributed by atoms with E-state index in [1.54, 1.807) is 10.9 Å². The highest BCUT2D eigenvalue weighted by Crippen LogP contribution is 2.13. The summed E-state index contributed by atoms with van der Waals surface area (Å²) in [5.41, 5.74) is 1.84. The number of amides is 1. The highest BCUT2D eigenvalue weighted by Gasteiger charge is 2.23. The van der Waals surface area contributed by atoms with Gasteiger partial charge in [0.25, 0.3) is 0 Å². The van der Waals surface area contributed by atoms with Crippen LogP contribution in [-0.4, -0.2) is 66.6 Å². The van der Waals surface area contributed by atoms with Crippen molar-refractivity contribution in [3.63, 3.8) is 0 Å². The first kappa shape index (κ1) is 18.3. The fourth-order valence-corrected chi connectivity index (χ4v) is 3.36. The molecule has 1 amide bonds. The Morgan fingerprint density at radius 1 is 1.29 bits per heavy atom. The number of tetrazole rings is 1. The van der Waals surface area contributed by atoms with Crippen LogP contribution in [0.5, 0.6) is 0 Å². The maximum Gasteiger partial charge on any atom is 0.227 e. The molecule has 1 fully saturated rings. The molecule has 0 spiro atoms. The average Bonchev–Trinajstić information content (AvgIpc) is 3.30. The number of carbonyl (C=O) groups excluding carboxylic acids is 1. The van der Waals surface area contributed by atoms with Gasteiger partial charge in [-0.2, -0.15) is 9.78 Å². The summed E-state index contributed by atoms with van der Waals surface area (Å²) in [6.45, 7) is 4.46. The van der Waals surface area contributed by atoms with Gasteiger partial charge in [0.2, 0.25) is 5.91 Å². The van der Waals surface area contributed by atoms with Crippen LogP contribution in [0.15, 0.2) is 42.7 Å². The van der Waals surface area contributed by atoms with Crippen molar-refractivity contribution in [1.29, 1.82) is 0 Å². The van der Waals surface area contributed by atoms with E-state index in [9.17, 15) is 4.79 Å². The van der Waals surface area contributed by atoms with E-state index < -0.39 is 0 Å². The van der Waals surface area contributed by atoms with Gasteiger partial charge in [-0.15, -0.1) is 5.10 Å². The number of aromatic nitrogens is 6. The first-order valence-corrected chi connectivity index (χ1v) is 9.40. The molecule has 0 bridgehead atoms. The van der Waals surface area contributed by atoms with Crippen molar-refractivity contribution >= 4 is 5.91 Å². The maximum absolute atomic E-state index is 12.8. The summed E-state index contributed by atoms with van der Waals surface area (Å²) in [4.78, 5) is 14.7. The van der Waals surface area contributed by atoms with Gasteiger partial charge in [0, 0.05) is 32.1 Å². The van der Waals surface area contributed by atoms with E-state index in [2.05, 4.69) is 20.6 Å². The summed E-state index contributed by atoms with van der Waals surface area (Å²) >= 11 is 0. The second kappa shape index (κ2) is 8.30. The molecule has 0 aliphatic carbocycles. The Bertz CT molecular complexity index is 905. The Hall–Kier alpha value is -3.07. The molecule has 28 heavy (non-hydrogen) atoms. The third kappa shape index (κ3) is 4.25. The smallest absolute Gasteiger partial charge is 0.227 e. The lowest BCUT2D eigenvalue weighted by Gasteiger charge is -2.24. The standard InChI is InChI=1S/C19H23N7O2/c1-15-21-22-23-26(15)17-6-4-16(5-7-17)12-19(27)24-9-3-11-28-18(13-24)14-25-10-2-8-20-25/h2,4-8,10,18H,3,9,11-14H2,1H3. The zero-order chi connectivity index (χ0) is 19.3. The maximum atomic E-state index is 12.8. The zero-order valence-corrected chi connectivity index (χ0v) is 15.8. The Morgan fingerprint density at radius 3 is 2.86 bits per heavy atom. The molecule has 0 N–H and O–H groups in total. The highest BCUT2D eigenvalue weighted by molar-refractivity contribution is 5.78. The van der Waals surface area contributed by atoms with Crippen molar-refractivity contribution in [3.05, 3.63) is 54.1 Å². The van der Waals surface area contributed by atoms with E-state index >= 15 is 0 Å². The number of rotatable bonds is 5. The van der Waals surface area contributed by atoms with Crippen LogP contribution in [0.2, 0.25) is 0 Å². The summed E-state index contributed by atoms with van der Waals surface area (Å²) in [5, 5.41) is 15.7. The van der Waals surface area contributed by atoms with E-state index in [0.717, 1.165) is 30.0 Å². The number of aryl methyl sites for hydroxylation is 1. The second-order valence-electron chi connectivity index (χ2n) is 6.90. The summed E-state index contributed by atoms with van der Waals surface area (Å²) < 4.78 is 9.41. The molecule has 1 aliphatic heterocycles. The Morgan fingerprint density at radius 2 is 2.14 bits per heavy atom. The molecule has 9 heteroatoms. The molecule has 1 aromatic carbocycles. The van der Waals surface area contributed by atoms with Gasteiger partial charge in [-0.1, -0.05) is 12.1 Å². The van der Waals surface area contributed by atoms with Crippen molar-refractivity contribution in [2.24, 2.45) is 0 Å². The van der Waals surface area contributed by atoms with Crippen molar-refractivity contribution in [2.45, 2.75) is 32.4 Å². The van der Waals surface area contributed by atoms with E-state index in [4.69, 9.17) is 4.74 Å². The number of hydrogen-bond acceptors (Lipinski definition) is 6. The van der Waals surface area contributed by atoms with Crippen LogP contribution in [0.1, 0.15) is 17.8 Å². The highest BCUT2D eigenvalue weighted by atomic mass is 16.5. The Kier molecular flexibility index (Phi) is 5.43. The van der Waals surface area contributed by atoms with Crippen LogP contribution >= 0.6 is 0 Å². The minimum absolute atomic E-state index is 0.0449. The third-order valence-corrected chi connectivity index (χ3v) is 4.81. The van der Waals surface area contributed by atoms with E-state index in [0.29, 0.717) is 26.1 Å². The number of carbonyl (C=O) groups is 1. The predicted molar refractivity (Wildman–Crippen MR) is 101 cm³/mol. The lowest BCUT2D eigenvalue weighted by molar-refractivity contribution is -0.131. The quantitative estimate of drug-likeness (QED) is 0.656. The van der Waals surface area contributed by atoms with Gasteiger partial charge in [0.15, 0.2) is 5.82 Å². The fraction of sp³-hybridized carbons (Fsp3) is 0.421. The topological polar surface area (TPSA) is 91.0 Å². The molecule has 1 atom stereocenters. The molecule has 0 saturated carbocycles. The number of nitrogens with zero attached hydrogens (tertiary/aromatic N) is 7. The summed E-state index contributed by atoms with van der Waals surface area (Å²) in [5.74, 6) is 0.832. The molecule has 9 nitrogen and oxygen atoms in total. The van der Waals surface area contributed by atoms with Crippen LogP contribution in [0.4, 0.5) is 0 Å². The fourth-order valence-electron chi connectivity index (χ4n) is 3.36. The number of benzene rings is 1. The van der Waals surface area contributed by atoms with Gasteiger partial charge in [-0.05, 0) is 47.5 Å². The molecule has 146 valence electrons. The summed E-state index contributed by atoms with van der Waals surface area (Å²) in [6.07, 6.45) is 4.83. The third-order valence-electron chi connectivity index (χ3n) is 4.81.